The van der Waals surface area contributed by atoms with E-state index in [1.165, 1.54) is 0 Å². The fourth-order valence-electron chi connectivity index (χ4n) is 3.11. The molecule has 3 rings (SSSR count). The van der Waals surface area contributed by atoms with Crippen molar-refractivity contribution in [3.8, 4) is 5.75 Å². The van der Waals surface area contributed by atoms with Crippen molar-refractivity contribution in [2.24, 2.45) is 0 Å². The van der Waals surface area contributed by atoms with Crippen LogP contribution in [0, 0.1) is 0 Å². The van der Waals surface area contributed by atoms with E-state index >= 15 is 0 Å². The second-order valence-corrected chi connectivity index (χ2v) is 5.92. The first-order valence-corrected chi connectivity index (χ1v) is 7.80. The van der Waals surface area contributed by atoms with Gasteiger partial charge in [-0.3, -0.25) is 9.59 Å². The Labute approximate surface area is 136 Å². The van der Waals surface area contributed by atoms with Gasteiger partial charge in [-0.25, -0.2) is 0 Å². The van der Waals surface area contributed by atoms with Crippen LogP contribution in [0.1, 0.15) is 24.8 Å². The molecule has 1 unspecified atom stereocenters. The molecule has 0 spiro atoms. The zero-order valence-electron chi connectivity index (χ0n) is 12.9. The van der Waals surface area contributed by atoms with Crippen LogP contribution in [0.3, 0.4) is 0 Å². The molecule has 0 bridgehead atoms. The number of benzene rings is 1. The SMILES string of the molecule is O=C(Nc1ccc2c(c1)CCCO2)C1CCCN1C(=O)C(F)(F)F. The molecule has 1 aromatic rings. The number of fused-ring (bicyclic) bond motifs is 1. The van der Waals surface area contributed by atoms with Gasteiger partial charge in [-0.15, -0.1) is 0 Å². The van der Waals surface area contributed by atoms with Crippen LogP contribution in [-0.4, -0.2) is 42.1 Å². The maximum Gasteiger partial charge on any atom is 0.471 e. The first-order valence-electron chi connectivity index (χ1n) is 7.80. The van der Waals surface area contributed by atoms with E-state index in [0.29, 0.717) is 23.6 Å². The lowest BCUT2D eigenvalue weighted by Crippen LogP contribution is -2.48. The number of amides is 2. The maximum atomic E-state index is 12.6. The maximum absolute atomic E-state index is 12.6. The van der Waals surface area contributed by atoms with Crippen molar-refractivity contribution in [1.29, 1.82) is 0 Å². The summed E-state index contributed by atoms with van der Waals surface area (Å²) in [6.45, 7) is 0.587. The number of alkyl halides is 3. The molecule has 0 radical (unpaired) electrons. The molecule has 130 valence electrons. The minimum atomic E-state index is -4.97. The summed E-state index contributed by atoms with van der Waals surface area (Å²) in [5, 5.41) is 2.61. The Morgan fingerprint density at radius 3 is 2.79 bits per heavy atom. The number of nitrogens with zero attached hydrogens (tertiary/aromatic N) is 1. The van der Waals surface area contributed by atoms with E-state index < -0.39 is 24.0 Å². The number of nitrogens with one attached hydrogen (secondary N) is 1. The number of hydrogen-bond acceptors (Lipinski definition) is 3. The lowest BCUT2D eigenvalue weighted by molar-refractivity contribution is -0.186. The van der Waals surface area contributed by atoms with E-state index in [9.17, 15) is 22.8 Å². The molecule has 1 aromatic carbocycles. The van der Waals surface area contributed by atoms with E-state index in [0.717, 1.165) is 24.2 Å². The first-order chi connectivity index (χ1) is 11.4. The molecule has 2 amide bonds. The van der Waals surface area contributed by atoms with Gasteiger partial charge in [-0.2, -0.15) is 13.2 Å². The van der Waals surface area contributed by atoms with Crippen molar-refractivity contribution in [2.75, 3.05) is 18.5 Å². The average molecular weight is 342 g/mol. The second-order valence-electron chi connectivity index (χ2n) is 5.92. The van der Waals surface area contributed by atoms with Gasteiger partial charge in [0.15, 0.2) is 0 Å². The van der Waals surface area contributed by atoms with Gasteiger partial charge in [0.1, 0.15) is 11.8 Å². The van der Waals surface area contributed by atoms with Gasteiger partial charge in [-0.05, 0) is 49.4 Å². The summed E-state index contributed by atoms with van der Waals surface area (Å²) in [5.74, 6) is -1.80. The van der Waals surface area contributed by atoms with E-state index in [1.807, 2.05) is 0 Å². The quantitative estimate of drug-likeness (QED) is 0.898. The number of aryl methyl sites for hydroxylation is 1. The van der Waals surface area contributed by atoms with Gasteiger partial charge < -0.3 is 15.0 Å². The number of likely N-dealkylation sites (tertiary alicyclic amines) is 1. The molecular formula is C16H17F3N2O3. The molecule has 2 aliphatic heterocycles. The highest BCUT2D eigenvalue weighted by Crippen LogP contribution is 2.29. The van der Waals surface area contributed by atoms with Crippen LogP contribution >= 0.6 is 0 Å². The fraction of sp³-hybridized carbons (Fsp3) is 0.500. The van der Waals surface area contributed by atoms with Gasteiger partial charge in [0.2, 0.25) is 5.91 Å². The average Bonchev–Trinajstić information content (AvgIpc) is 3.02. The van der Waals surface area contributed by atoms with Crippen molar-refractivity contribution in [3.63, 3.8) is 0 Å². The van der Waals surface area contributed by atoms with Crippen LogP contribution in [0.15, 0.2) is 18.2 Å². The van der Waals surface area contributed by atoms with Gasteiger partial charge in [-0.1, -0.05) is 0 Å². The number of carbonyl (C=O) groups excluding carboxylic acids is 2. The summed E-state index contributed by atoms with van der Waals surface area (Å²) in [7, 11) is 0. The lowest BCUT2D eigenvalue weighted by atomic mass is 10.1. The van der Waals surface area contributed by atoms with Crippen LogP contribution in [0.25, 0.3) is 0 Å². The molecule has 2 heterocycles. The van der Waals surface area contributed by atoms with E-state index in [2.05, 4.69) is 5.32 Å². The lowest BCUT2D eigenvalue weighted by Gasteiger charge is -2.25. The molecule has 24 heavy (non-hydrogen) atoms. The third-order valence-corrected chi connectivity index (χ3v) is 4.23. The van der Waals surface area contributed by atoms with Gasteiger partial charge >= 0.3 is 12.1 Å². The smallest absolute Gasteiger partial charge is 0.471 e. The van der Waals surface area contributed by atoms with Crippen LogP contribution < -0.4 is 10.1 Å². The van der Waals surface area contributed by atoms with Crippen LogP contribution in [0.4, 0.5) is 18.9 Å². The number of anilines is 1. The van der Waals surface area contributed by atoms with E-state index in [4.69, 9.17) is 4.74 Å². The van der Waals surface area contributed by atoms with Crippen LogP contribution in [-0.2, 0) is 16.0 Å². The number of rotatable bonds is 2. The summed E-state index contributed by atoms with van der Waals surface area (Å²) in [5.41, 5.74) is 1.45. The molecular weight excluding hydrogens is 325 g/mol. The molecule has 0 aromatic heterocycles. The Morgan fingerprint density at radius 2 is 2.04 bits per heavy atom. The summed E-state index contributed by atoms with van der Waals surface area (Å²) in [6, 6.07) is 4.05. The van der Waals surface area contributed by atoms with Crippen molar-refractivity contribution < 1.29 is 27.5 Å². The largest absolute Gasteiger partial charge is 0.493 e. The van der Waals surface area contributed by atoms with Gasteiger partial charge in [0.25, 0.3) is 0 Å². The highest BCUT2D eigenvalue weighted by atomic mass is 19.4. The highest BCUT2D eigenvalue weighted by molar-refractivity contribution is 5.98. The fourth-order valence-corrected chi connectivity index (χ4v) is 3.11. The Morgan fingerprint density at radius 1 is 1.25 bits per heavy atom. The Bertz CT molecular complexity index is 660. The number of hydrogen-bond donors (Lipinski definition) is 1. The monoisotopic (exact) mass is 342 g/mol. The Balaban J connectivity index is 1.71. The second kappa shape index (κ2) is 6.33. The van der Waals surface area contributed by atoms with Crippen molar-refractivity contribution in [1.82, 2.24) is 4.90 Å². The topological polar surface area (TPSA) is 58.6 Å². The molecule has 1 saturated heterocycles. The molecule has 1 fully saturated rings. The zero-order valence-corrected chi connectivity index (χ0v) is 12.9. The van der Waals surface area contributed by atoms with Gasteiger partial charge in [0, 0.05) is 12.2 Å². The zero-order chi connectivity index (χ0) is 17.3. The van der Waals surface area contributed by atoms with Crippen molar-refractivity contribution in [3.05, 3.63) is 23.8 Å². The molecule has 1 N–H and O–H groups in total. The third-order valence-electron chi connectivity index (χ3n) is 4.23. The summed E-state index contributed by atoms with van der Waals surface area (Å²) >= 11 is 0. The predicted molar refractivity (Wildman–Crippen MR) is 79.7 cm³/mol. The Hall–Kier alpha value is -2.25. The van der Waals surface area contributed by atoms with Crippen molar-refractivity contribution >= 4 is 17.5 Å². The van der Waals surface area contributed by atoms with E-state index in [1.54, 1.807) is 18.2 Å². The number of halogens is 3. The predicted octanol–water partition coefficient (Wildman–Crippen LogP) is 2.50. The minimum absolute atomic E-state index is 0.0611. The molecule has 8 heteroatoms. The molecule has 1 atom stereocenters. The van der Waals surface area contributed by atoms with Crippen LogP contribution in [0.5, 0.6) is 5.75 Å². The molecule has 5 nitrogen and oxygen atoms in total. The summed E-state index contributed by atoms with van der Waals surface area (Å²) < 4.78 is 43.3. The number of ether oxygens (including phenoxy) is 1. The minimum Gasteiger partial charge on any atom is -0.493 e. The molecule has 2 aliphatic rings. The van der Waals surface area contributed by atoms with Gasteiger partial charge in [0.05, 0.1) is 6.61 Å². The molecule has 0 aliphatic carbocycles. The third kappa shape index (κ3) is 3.32. The standard InChI is InChI=1S/C16H17F3N2O3/c17-16(18,19)15(23)21-7-1-4-12(21)14(22)20-11-5-6-13-10(9-11)3-2-8-24-13/h5-6,9,12H,1-4,7-8H2,(H,20,22). The van der Waals surface area contributed by atoms with E-state index in [-0.39, 0.29) is 13.0 Å². The number of carbonyl (C=O) groups is 2. The molecule has 0 saturated carbocycles. The summed E-state index contributed by atoms with van der Waals surface area (Å²) in [4.78, 5) is 24.4. The first kappa shape index (κ1) is 16.6. The Kier molecular flexibility index (Phi) is 4.38. The normalized spacial score (nSPS) is 20.3. The highest BCUT2D eigenvalue weighted by Gasteiger charge is 2.47. The van der Waals surface area contributed by atoms with Crippen molar-refractivity contribution in [2.45, 2.75) is 37.9 Å². The van der Waals surface area contributed by atoms with Crippen LogP contribution in [0.2, 0.25) is 0 Å². The summed E-state index contributed by atoms with van der Waals surface area (Å²) in [6.07, 6.45) is -2.67.